The summed E-state index contributed by atoms with van der Waals surface area (Å²) in [5, 5.41) is 2.75. The highest BCUT2D eigenvalue weighted by atomic mass is 32.2. The van der Waals surface area contributed by atoms with Crippen LogP contribution in [0.2, 0.25) is 0 Å². The van der Waals surface area contributed by atoms with Crippen LogP contribution in [0.3, 0.4) is 0 Å². The van der Waals surface area contributed by atoms with Crippen molar-refractivity contribution in [2.75, 3.05) is 24.3 Å². The lowest BCUT2D eigenvalue weighted by Gasteiger charge is -2.11. The molecular formula is C20H23NO5S2. The second-order valence-corrected chi connectivity index (χ2v) is 8.07. The third-order valence-electron chi connectivity index (χ3n) is 3.65. The van der Waals surface area contributed by atoms with E-state index < -0.39 is 11.2 Å². The Morgan fingerprint density at radius 2 is 1.79 bits per heavy atom. The van der Waals surface area contributed by atoms with Crippen molar-refractivity contribution >= 4 is 45.9 Å². The number of carbonyl (C=O) groups is 3. The van der Waals surface area contributed by atoms with E-state index in [9.17, 15) is 14.4 Å². The SMILES string of the molecule is CCOC(=O)CSC(C)C(=O)Nc1sc(-c2ccccc2)cc1C(=O)OCC. The van der Waals surface area contributed by atoms with Gasteiger partial charge in [0.2, 0.25) is 5.91 Å². The lowest BCUT2D eigenvalue weighted by Crippen LogP contribution is -2.24. The molecule has 2 aromatic rings. The van der Waals surface area contributed by atoms with Crippen molar-refractivity contribution in [1.82, 2.24) is 0 Å². The molecule has 1 amide bonds. The summed E-state index contributed by atoms with van der Waals surface area (Å²) >= 11 is 2.49. The largest absolute Gasteiger partial charge is 0.465 e. The zero-order chi connectivity index (χ0) is 20.5. The zero-order valence-electron chi connectivity index (χ0n) is 16.0. The molecule has 0 saturated heterocycles. The van der Waals surface area contributed by atoms with Crippen LogP contribution in [0.15, 0.2) is 36.4 Å². The molecule has 1 atom stereocenters. The summed E-state index contributed by atoms with van der Waals surface area (Å²) < 4.78 is 9.99. The highest BCUT2D eigenvalue weighted by molar-refractivity contribution is 8.01. The fourth-order valence-electron chi connectivity index (χ4n) is 2.27. The number of esters is 2. The van der Waals surface area contributed by atoms with Crippen LogP contribution in [-0.2, 0) is 19.1 Å². The summed E-state index contributed by atoms with van der Waals surface area (Å²) in [6.07, 6.45) is 0. The van der Waals surface area contributed by atoms with Crippen molar-refractivity contribution in [2.45, 2.75) is 26.0 Å². The molecule has 0 aliphatic carbocycles. The van der Waals surface area contributed by atoms with E-state index in [-0.39, 0.29) is 24.2 Å². The van der Waals surface area contributed by atoms with Crippen LogP contribution in [0.4, 0.5) is 5.00 Å². The Labute approximate surface area is 172 Å². The Kier molecular flexibility index (Phi) is 8.53. The first-order chi connectivity index (χ1) is 13.5. The third kappa shape index (κ3) is 6.10. The van der Waals surface area contributed by atoms with Gasteiger partial charge in [-0.2, -0.15) is 0 Å². The molecule has 28 heavy (non-hydrogen) atoms. The number of amides is 1. The molecule has 0 aliphatic rings. The van der Waals surface area contributed by atoms with Gasteiger partial charge in [0.05, 0.1) is 29.8 Å². The maximum Gasteiger partial charge on any atom is 0.341 e. The van der Waals surface area contributed by atoms with Gasteiger partial charge in [-0.15, -0.1) is 23.1 Å². The van der Waals surface area contributed by atoms with Crippen molar-refractivity contribution < 1.29 is 23.9 Å². The number of nitrogens with one attached hydrogen (secondary N) is 1. The summed E-state index contributed by atoms with van der Waals surface area (Å²) in [5.41, 5.74) is 1.27. The Balaban J connectivity index is 2.16. The molecule has 1 N–H and O–H groups in total. The molecule has 150 valence electrons. The van der Waals surface area contributed by atoms with E-state index in [1.165, 1.54) is 23.1 Å². The van der Waals surface area contributed by atoms with Gasteiger partial charge in [-0.1, -0.05) is 30.3 Å². The number of rotatable bonds is 9. The molecule has 0 radical (unpaired) electrons. The summed E-state index contributed by atoms with van der Waals surface area (Å²) in [6.45, 7) is 5.72. The van der Waals surface area contributed by atoms with Gasteiger partial charge in [0, 0.05) is 4.88 Å². The van der Waals surface area contributed by atoms with Crippen molar-refractivity contribution in [1.29, 1.82) is 0 Å². The molecule has 0 spiro atoms. The van der Waals surface area contributed by atoms with Crippen molar-refractivity contribution in [3.63, 3.8) is 0 Å². The summed E-state index contributed by atoms with van der Waals surface area (Å²) in [4.78, 5) is 37.2. The molecule has 1 aromatic carbocycles. The molecule has 1 aromatic heterocycles. The van der Waals surface area contributed by atoms with Crippen LogP contribution < -0.4 is 5.32 Å². The van der Waals surface area contributed by atoms with Crippen LogP contribution in [0.1, 0.15) is 31.1 Å². The second-order valence-electron chi connectivity index (χ2n) is 5.69. The Morgan fingerprint density at radius 3 is 2.43 bits per heavy atom. The molecule has 6 nitrogen and oxygen atoms in total. The number of thiophene rings is 1. The molecule has 0 saturated carbocycles. The minimum atomic E-state index is -0.485. The number of anilines is 1. The van der Waals surface area contributed by atoms with Crippen LogP contribution in [-0.4, -0.2) is 42.1 Å². The lowest BCUT2D eigenvalue weighted by molar-refractivity contribution is -0.139. The van der Waals surface area contributed by atoms with Crippen LogP contribution in [0.5, 0.6) is 0 Å². The Morgan fingerprint density at radius 1 is 1.11 bits per heavy atom. The number of thioether (sulfide) groups is 1. The molecule has 1 unspecified atom stereocenters. The first-order valence-corrected chi connectivity index (χ1v) is 10.8. The van der Waals surface area contributed by atoms with E-state index >= 15 is 0 Å². The monoisotopic (exact) mass is 421 g/mol. The highest BCUT2D eigenvalue weighted by Gasteiger charge is 2.22. The number of carbonyl (C=O) groups excluding carboxylic acids is 3. The van der Waals surface area contributed by atoms with Crippen LogP contribution in [0, 0.1) is 0 Å². The lowest BCUT2D eigenvalue weighted by atomic mass is 10.1. The van der Waals surface area contributed by atoms with Crippen LogP contribution >= 0.6 is 23.1 Å². The average Bonchev–Trinajstić information content (AvgIpc) is 3.11. The molecule has 0 fully saturated rings. The maximum atomic E-state index is 12.5. The van der Waals surface area contributed by atoms with E-state index in [4.69, 9.17) is 9.47 Å². The highest BCUT2D eigenvalue weighted by Crippen LogP contribution is 2.36. The first-order valence-electron chi connectivity index (χ1n) is 8.90. The standard InChI is InChI=1S/C20H23NO5S2/c1-4-25-17(22)12-27-13(3)18(23)21-19-15(20(24)26-5-2)11-16(28-19)14-9-7-6-8-10-14/h6-11,13H,4-5,12H2,1-3H3,(H,21,23). The second kappa shape index (κ2) is 10.9. The molecule has 0 aliphatic heterocycles. The van der Waals surface area contributed by atoms with E-state index in [0.29, 0.717) is 17.2 Å². The quantitative estimate of drug-likeness (QED) is 0.611. The smallest absolute Gasteiger partial charge is 0.341 e. The third-order valence-corrected chi connectivity index (χ3v) is 5.86. The Bertz CT molecular complexity index is 819. The predicted octanol–water partition coefficient (Wildman–Crippen LogP) is 4.22. The van der Waals surface area contributed by atoms with Crippen molar-refractivity contribution in [3.05, 3.63) is 42.0 Å². The van der Waals surface area contributed by atoms with E-state index in [1.54, 1.807) is 26.8 Å². The number of hydrogen-bond acceptors (Lipinski definition) is 7. The van der Waals surface area contributed by atoms with Gasteiger partial charge in [-0.05, 0) is 32.4 Å². The van der Waals surface area contributed by atoms with Gasteiger partial charge >= 0.3 is 11.9 Å². The summed E-state index contributed by atoms with van der Waals surface area (Å²) in [6, 6.07) is 11.3. The fraction of sp³-hybridized carbons (Fsp3) is 0.350. The van der Waals surface area contributed by atoms with Crippen LogP contribution in [0.25, 0.3) is 10.4 Å². The number of hydrogen-bond donors (Lipinski definition) is 1. The van der Waals surface area contributed by atoms with Crippen molar-refractivity contribution in [3.8, 4) is 10.4 Å². The zero-order valence-corrected chi connectivity index (χ0v) is 17.7. The Hall–Kier alpha value is -2.32. The number of ether oxygens (including phenoxy) is 2. The van der Waals surface area contributed by atoms with E-state index in [2.05, 4.69) is 5.32 Å². The predicted molar refractivity (Wildman–Crippen MR) is 113 cm³/mol. The number of benzene rings is 1. The fourth-order valence-corrected chi connectivity index (χ4v) is 4.01. The first kappa shape index (κ1) is 22.0. The molecule has 8 heteroatoms. The molecular weight excluding hydrogens is 398 g/mol. The van der Waals surface area contributed by atoms with E-state index in [1.807, 2.05) is 30.3 Å². The minimum absolute atomic E-state index is 0.0901. The summed E-state index contributed by atoms with van der Waals surface area (Å²) in [5.74, 6) is -1.04. The average molecular weight is 422 g/mol. The van der Waals surface area contributed by atoms with E-state index in [0.717, 1.165) is 10.4 Å². The maximum absolute atomic E-state index is 12.5. The van der Waals surface area contributed by atoms with Gasteiger partial charge in [-0.3, -0.25) is 9.59 Å². The summed E-state index contributed by atoms with van der Waals surface area (Å²) in [7, 11) is 0. The van der Waals surface area contributed by atoms with Gasteiger partial charge in [0.1, 0.15) is 5.00 Å². The molecule has 0 bridgehead atoms. The van der Waals surface area contributed by atoms with Gasteiger partial charge in [-0.25, -0.2) is 4.79 Å². The molecule has 2 rings (SSSR count). The normalized spacial score (nSPS) is 11.5. The molecule has 1 heterocycles. The van der Waals surface area contributed by atoms with Gasteiger partial charge in [0.25, 0.3) is 0 Å². The topological polar surface area (TPSA) is 81.7 Å². The van der Waals surface area contributed by atoms with Gasteiger partial charge in [0.15, 0.2) is 0 Å². The minimum Gasteiger partial charge on any atom is -0.465 e. The van der Waals surface area contributed by atoms with Gasteiger partial charge < -0.3 is 14.8 Å². The van der Waals surface area contributed by atoms with Crippen molar-refractivity contribution in [2.24, 2.45) is 0 Å².